The molecule has 4 aliphatic heterocycles. The maximum Gasteiger partial charge on any atom is 0.414 e. The normalized spacial score (nSPS) is 21.2. The summed E-state index contributed by atoms with van der Waals surface area (Å²) in [7, 11) is 0. The van der Waals surface area contributed by atoms with Crippen molar-refractivity contribution < 1.29 is 51.9 Å². The van der Waals surface area contributed by atoms with Gasteiger partial charge in [-0.2, -0.15) is 13.5 Å². The number of fused-ring (bicyclic) bond motifs is 3. The second-order valence-electron chi connectivity index (χ2n) is 17.8. The number of amides is 2. The molecule has 4 saturated heterocycles. The van der Waals surface area contributed by atoms with E-state index in [1.807, 2.05) is 48.5 Å². The van der Waals surface area contributed by atoms with E-state index in [-0.39, 0.29) is 83.2 Å². The molecule has 1 aliphatic carbocycles. The van der Waals surface area contributed by atoms with Gasteiger partial charge in [0.1, 0.15) is 28.5 Å². The Morgan fingerprint density at radius 2 is 1.61 bits per heavy atom. The number of para-hydroxylation sites is 1. The molecule has 0 radical (unpaired) electrons. The van der Waals surface area contributed by atoms with Crippen LogP contribution in [0.5, 0.6) is 17.2 Å². The minimum Gasteiger partial charge on any atom is -0.619 e. The molecule has 0 spiro atoms. The fourth-order valence-corrected chi connectivity index (χ4v) is 11.6. The average molecular weight is 1000 g/mol. The van der Waals surface area contributed by atoms with Gasteiger partial charge >= 0.3 is 18.7 Å². The van der Waals surface area contributed by atoms with Gasteiger partial charge in [0.2, 0.25) is 0 Å². The fourth-order valence-electron chi connectivity index (χ4n) is 9.49. The van der Waals surface area contributed by atoms with E-state index in [9.17, 15) is 33.5 Å². The summed E-state index contributed by atoms with van der Waals surface area (Å²) in [6.45, 7) is 0.221. The average Bonchev–Trinajstić information content (AvgIpc) is 4.07. The Kier molecular flexibility index (Phi) is 14.7. The molecule has 1 N–H and O–H groups in total. The highest BCUT2D eigenvalue weighted by Crippen LogP contribution is 2.51. The molecule has 3 atom stereocenters. The van der Waals surface area contributed by atoms with Crippen LogP contribution in [-0.4, -0.2) is 89.0 Å². The fraction of sp³-hybridized carbons (Fsp3) is 0.373. The highest BCUT2D eigenvalue weighted by molar-refractivity contribution is 8.01. The molecule has 18 heteroatoms. The zero-order valence-corrected chi connectivity index (χ0v) is 39.7. The summed E-state index contributed by atoms with van der Waals surface area (Å²) >= 11 is 14.2. The van der Waals surface area contributed by atoms with Crippen LogP contribution >= 0.6 is 35.0 Å². The van der Waals surface area contributed by atoms with Crippen molar-refractivity contribution >= 4 is 58.6 Å². The van der Waals surface area contributed by atoms with Crippen LogP contribution in [0.4, 0.5) is 19.3 Å². The quantitative estimate of drug-likeness (QED) is 0.0662. The second kappa shape index (κ2) is 21.0. The molecule has 2 amide bonds. The number of carbonyl (C=O) groups is 3. The number of hydrogen-bond donors (Lipinski definition) is 1. The number of benzene rings is 4. The number of nitrogens with zero attached hydrogens (tertiary/aromatic N) is 4. The monoisotopic (exact) mass is 1000 g/mol. The highest BCUT2D eigenvalue weighted by atomic mass is 35.5. The third kappa shape index (κ3) is 11.0. The largest absolute Gasteiger partial charge is 0.619 e. The summed E-state index contributed by atoms with van der Waals surface area (Å²) in [5.41, 5.74) is 2.92. The van der Waals surface area contributed by atoms with Gasteiger partial charge in [-0.05, 0) is 122 Å². The maximum absolute atomic E-state index is 14.8. The molecule has 0 unspecified atom stereocenters. The van der Waals surface area contributed by atoms with Crippen LogP contribution in [0.2, 0.25) is 10.0 Å². The predicted molar refractivity (Wildman–Crippen MR) is 256 cm³/mol. The van der Waals surface area contributed by atoms with Gasteiger partial charge in [0, 0.05) is 41.6 Å². The third-order valence-corrected chi connectivity index (χ3v) is 15.4. The third-order valence-electron chi connectivity index (χ3n) is 13.2. The molecule has 69 heavy (non-hydrogen) atoms. The van der Waals surface area contributed by atoms with Crippen LogP contribution < -0.4 is 23.8 Å². The molecule has 10 rings (SSSR count). The Labute approximate surface area is 412 Å². The van der Waals surface area contributed by atoms with Crippen molar-refractivity contribution in [2.75, 3.05) is 43.4 Å². The molecular formula is C51H50Cl2F2N4O9S. The number of thioether (sulfide) groups is 1. The van der Waals surface area contributed by atoms with Crippen molar-refractivity contribution in [2.24, 2.45) is 11.8 Å². The Morgan fingerprint density at radius 3 is 2.30 bits per heavy atom. The molecule has 5 heterocycles. The van der Waals surface area contributed by atoms with E-state index in [0.717, 1.165) is 75.0 Å². The minimum absolute atomic E-state index is 0.0114. The number of carbonyl (C=O) groups excluding carboxylic acids is 2. The first kappa shape index (κ1) is 48.2. The molecule has 4 aromatic carbocycles. The number of piperidine rings is 3. The Balaban J connectivity index is 0.959. The first-order valence-electron chi connectivity index (χ1n) is 22.9. The molecular weight excluding hydrogens is 954 g/mol. The molecule has 5 aromatic rings. The lowest BCUT2D eigenvalue weighted by Gasteiger charge is -2.44. The number of pyridine rings is 1. The van der Waals surface area contributed by atoms with Crippen molar-refractivity contribution in [3.05, 3.63) is 153 Å². The van der Waals surface area contributed by atoms with Gasteiger partial charge in [0.05, 0.1) is 13.2 Å². The summed E-state index contributed by atoms with van der Waals surface area (Å²) in [6, 6.07) is 27.8. The zero-order valence-electron chi connectivity index (χ0n) is 37.4. The summed E-state index contributed by atoms with van der Waals surface area (Å²) in [4.78, 5) is 45.8. The van der Waals surface area contributed by atoms with Gasteiger partial charge < -0.3 is 34.2 Å². The van der Waals surface area contributed by atoms with Gasteiger partial charge in [0.15, 0.2) is 28.8 Å². The molecule has 13 nitrogen and oxygen atoms in total. The standard InChI is InChI=1S/C51H50Cl2F2N4O9S/c52-42-27-57(64)28-43(53)40(42)25-41(36-14-15-44(67-49(54)55)45(24-36)66-30-32-12-13-32)51(48(61)62)59(20-21-69-51)47(60)37-8-4-7-34(22-37)31-65-39-11-5-6-33(23-39)26-58(38-9-2-1-3-10-38)50(63)68-46-29-56-18-16-35(46)17-19-56/h1-11,14-15,22-24,27-28,32,35,41,46,49H,12-13,16-21,25-26,29-31H2,(H,61,62)/t41-,46-,51-/m0/s1. The van der Waals surface area contributed by atoms with Crippen molar-refractivity contribution in [1.29, 1.82) is 0 Å². The Morgan fingerprint density at radius 1 is 0.870 bits per heavy atom. The lowest BCUT2D eigenvalue weighted by molar-refractivity contribution is -0.605. The van der Waals surface area contributed by atoms with Crippen LogP contribution in [0.25, 0.3) is 0 Å². The number of hydrogen-bond acceptors (Lipinski definition) is 10. The van der Waals surface area contributed by atoms with Gasteiger partial charge in [-0.15, -0.1) is 11.8 Å². The lowest BCUT2D eigenvalue weighted by atomic mass is 9.83. The number of anilines is 1. The first-order chi connectivity index (χ1) is 33.3. The predicted octanol–water partition coefficient (Wildman–Crippen LogP) is 9.83. The van der Waals surface area contributed by atoms with Crippen molar-refractivity contribution in [3.63, 3.8) is 0 Å². The van der Waals surface area contributed by atoms with Gasteiger partial charge in [0.25, 0.3) is 5.91 Å². The molecule has 362 valence electrons. The van der Waals surface area contributed by atoms with E-state index in [2.05, 4.69) is 4.90 Å². The molecule has 5 fully saturated rings. The number of halogens is 4. The van der Waals surface area contributed by atoms with E-state index in [1.54, 1.807) is 35.2 Å². The van der Waals surface area contributed by atoms with Crippen molar-refractivity contribution in [3.8, 4) is 17.2 Å². The van der Waals surface area contributed by atoms with Gasteiger partial charge in [-0.25, -0.2) is 9.59 Å². The summed E-state index contributed by atoms with van der Waals surface area (Å²) < 4.78 is 50.8. The van der Waals surface area contributed by atoms with Crippen molar-refractivity contribution in [1.82, 2.24) is 9.80 Å². The second-order valence-corrected chi connectivity index (χ2v) is 19.9. The van der Waals surface area contributed by atoms with Gasteiger partial charge in [-0.3, -0.25) is 14.6 Å². The summed E-state index contributed by atoms with van der Waals surface area (Å²) in [6.07, 6.45) is 5.33. The van der Waals surface area contributed by atoms with Crippen LogP contribution in [-0.2, 0) is 29.1 Å². The summed E-state index contributed by atoms with van der Waals surface area (Å²) in [5.74, 6) is -1.91. The Hall–Kier alpha value is -5.81. The SMILES string of the molecule is O=C(O[C@H]1CN2CCC1CC2)N(Cc1cccc(OCc2cccc(C(=O)N3CCS[C@]3(C(=O)O)[C@@H](Cc3c(Cl)c[n+]([O-])cc3Cl)c3ccc(OC(F)F)c(OCC4CC4)c3)c2)c1)c1ccccc1. The van der Waals surface area contributed by atoms with E-state index >= 15 is 0 Å². The van der Waals surface area contributed by atoms with Crippen molar-refractivity contribution in [2.45, 2.75) is 68.8 Å². The maximum atomic E-state index is 14.8. The number of carboxylic acids is 1. The van der Waals surface area contributed by atoms with E-state index in [4.69, 9.17) is 42.1 Å². The zero-order chi connectivity index (χ0) is 48.2. The first-order valence-corrected chi connectivity index (χ1v) is 24.6. The van der Waals surface area contributed by atoms with Crippen LogP contribution in [0.3, 0.4) is 0 Å². The topological polar surface area (TPSA) is 145 Å². The number of carboxylic acid groups (broad SMARTS) is 1. The number of ether oxygens (including phenoxy) is 4. The van der Waals surface area contributed by atoms with E-state index in [0.29, 0.717) is 33.2 Å². The number of aromatic nitrogens is 1. The van der Waals surface area contributed by atoms with Crippen LogP contribution in [0, 0.1) is 17.0 Å². The molecule has 5 aliphatic rings. The molecule has 1 saturated carbocycles. The van der Waals surface area contributed by atoms with E-state index in [1.165, 1.54) is 23.1 Å². The van der Waals surface area contributed by atoms with Crippen LogP contribution in [0.15, 0.2) is 109 Å². The Bertz CT molecular complexity index is 2650. The van der Waals surface area contributed by atoms with Crippen LogP contribution in [0.1, 0.15) is 64.2 Å². The number of alkyl halides is 2. The molecule has 2 bridgehead atoms. The smallest absolute Gasteiger partial charge is 0.414 e. The van der Waals surface area contributed by atoms with E-state index < -0.39 is 35.4 Å². The molecule has 1 aromatic heterocycles. The van der Waals surface area contributed by atoms with Gasteiger partial charge in [-0.1, -0.05) is 71.7 Å². The minimum atomic E-state index is -3.15. The highest BCUT2D eigenvalue weighted by Gasteiger charge is 2.57. The number of aliphatic carboxylic acids is 1. The summed E-state index contributed by atoms with van der Waals surface area (Å²) in [5, 5.41) is 23.6. The number of rotatable bonds is 18. The lowest BCUT2D eigenvalue weighted by Crippen LogP contribution is -2.55.